The molecule has 13 nitrogen and oxygen atoms in total. The number of nitrogens with zero attached hydrogens (tertiary/aromatic N) is 4. The van der Waals surface area contributed by atoms with Gasteiger partial charge in [0.25, 0.3) is 5.85 Å². The van der Waals surface area contributed by atoms with Crippen LogP contribution in [0.1, 0.15) is 46.7 Å². The summed E-state index contributed by atoms with van der Waals surface area (Å²) in [7, 11) is -4.56. The average molecular weight is 614 g/mol. The maximum absolute atomic E-state index is 16.2. The number of benzene rings is 1. The third-order valence-corrected chi connectivity index (χ3v) is 7.85. The zero-order chi connectivity index (χ0) is 30.9. The number of aromatic nitrogens is 4. The van der Waals surface area contributed by atoms with E-state index in [0.717, 1.165) is 17.8 Å². The van der Waals surface area contributed by atoms with Crippen molar-refractivity contribution in [2.24, 2.45) is 0 Å². The van der Waals surface area contributed by atoms with Crippen molar-refractivity contribution in [2.45, 2.75) is 77.5 Å². The normalized spacial score (nSPS) is 26.2. The Hall–Kier alpha value is -3.23. The van der Waals surface area contributed by atoms with Crippen molar-refractivity contribution in [3.8, 4) is 11.6 Å². The molecule has 1 aliphatic rings. The summed E-state index contributed by atoms with van der Waals surface area (Å²) in [4.78, 5) is 25.0. The quantitative estimate of drug-likeness (QED) is 0.224. The van der Waals surface area contributed by atoms with Gasteiger partial charge in [-0.25, -0.2) is 23.3 Å². The summed E-state index contributed by atoms with van der Waals surface area (Å²) in [6.45, 7) is 7.90. The van der Waals surface area contributed by atoms with Gasteiger partial charge in [-0.2, -0.15) is 10.1 Å². The van der Waals surface area contributed by atoms with Crippen molar-refractivity contribution < 1.29 is 46.5 Å². The molecule has 42 heavy (non-hydrogen) atoms. The number of imidazole rings is 1. The number of nitrogens with one attached hydrogen (secondary N) is 1. The van der Waals surface area contributed by atoms with Crippen LogP contribution in [0.25, 0.3) is 11.2 Å². The van der Waals surface area contributed by atoms with E-state index in [1.807, 2.05) is 0 Å². The van der Waals surface area contributed by atoms with Crippen LogP contribution in [-0.2, 0) is 23.4 Å². The first-order valence-electron chi connectivity index (χ1n) is 13.2. The lowest BCUT2D eigenvalue weighted by atomic mass is 9.97. The van der Waals surface area contributed by atoms with E-state index < -0.39 is 56.3 Å². The second-order valence-corrected chi connectivity index (χ2v) is 11.8. The number of hydrogen-bond donors (Lipinski definition) is 2. The number of aryl methyl sites for hydroxylation is 1. The van der Waals surface area contributed by atoms with Crippen LogP contribution in [0, 0.1) is 6.92 Å². The molecule has 1 unspecified atom stereocenters. The van der Waals surface area contributed by atoms with Crippen LogP contribution >= 0.6 is 7.75 Å². The van der Waals surface area contributed by atoms with Gasteiger partial charge in [-0.15, -0.1) is 0 Å². The number of hydrogen-bond acceptors (Lipinski definition) is 11. The average Bonchev–Trinajstić information content (AvgIpc) is 3.40. The zero-order valence-corrected chi connectivity index (χ0v) is 24.9. The fourth-order valence-electron chi connectivity index (χ4n) is 4.27. The Labute approximate surface area is 241 Å². The standard InChI is InChI=1S/C26H34F2N5O8P/c1-7-37-21-19-20(30-17(5)31-21)33(14-29-19)24-25(6,27)23(35)26(28,40-24)13-38-42(36,41-18-11-9-8-10-12-18)32-16(4)22(34)39-15(2)3/h8-12,14-16,23-24,35H,7,13H2,1-6H3,(H,32,36)/t16?,23-,24+,25+,26+,42-/m0/s1. The fraction of sp³-hybridized carbons (Fsp3) is 0.538. The monoisotopic (exact) mass is 613 g/mol. The van der Waals surface area contributed by atoms with Gasteiger partial charge in [0, 0.05) is 0 Å². The first kappa shape index (κ1) is 31.7. The minimum absolute atomic E-state index is 0.0665. The van der Waals surface area contributed by atoms with Crippen molar-refractivity contribution in [3.05, 3.63) is 42.5 Å². The third-order valence-electron chi connectivity index (χ3n) is 6.23. The summed E-state index contributed by atoms with van der Waals surface area (Å²) >= 11 is 0. The van der Waals surface area contributed by atoms with Crippen LogP contribution in [0.4, 0.5) is 8.78 Å². The molecule has 1 aromatic carbocycles. The van der Waals surface area contributed by atoms with E-state index in [9.17, 15) is 14.5 Å². The Morgan fingerprint density at radius 1 is 1.24 bits per heavy atom. The van der Waals surface area contributed by atoms with Gasteiger partial charge < -0.3 is 23.8 Å². The van der Waals surface area contributed by atoms with Gasteiger partial charge >= 0.3 is 13.7 Å². The first-order valence-corrected chi connectivity index (χ1v) is 14.8. The molecule has 4 rings (SSSR count). The predicted octanol–water partition coefficient (Wildman–Crippen LogP) is 3.95. The lowest BCUT2D eigenvalue weighted by Crippen LogP contribution is -2.47. The number of alkyl halides is 2. The van der Waals surface area contributed by atoms with Crippen LogP contribution in [0.3, 0.4) is 0 Å². The summed E-state index contributed by atoms with van der Waals surface area (Å²) in [5.74, 6) is -3.52. The van der Waals surface area contributed by atoms with E-state index in [2.05, 4.69) is 20.0 Å². The number of para-hydroxylation sites is 1. The molecule has 1 aliphatic heterocycles. The highest BCUT2D eigenvalue weighted by Gasteiger charge is 2.65. The molecule has 1 fully saturated rings. The molecule has 1 saturated heterocycles. The summed E-state index contributed by atoms with van der Waals surface area (Å²) in [6, 6.07) is 6.56. The van der Waals surface area contributed by atoms with Crippen molar-refractivity contribution in [1.29, 1.82) is 0 Å². The Balaban J connectivity index is 1.61. The summed E-state index contributed by atoms with van der Waals surface area (Å²) in [6.07, 6.45) is -3.51. The van der Waals surface area contributed by atoms with Gasteiger partial charge in [-0.05, 0) is 53.7 Å². The minimum Gasteiger partial charge on any atom is -0.476 e. The SMILES string of the molecule is CCOc1nc(C)nc2c1ncn2[C@@H]1O[C@](F)(CO[P@@](=O)(NC(C)C(=O)OC(C)C)Oc2ccccc2)[C@@H](O)[C@@]1(C)F. The van der Waals surface area contributed by atoms with Crippen molar-refractivity contribution >= 4 is 24.9 Å². The van der Waals surface area contributed by atoms with Crippen LogP contribution in [0.2, 0.25) is 0 Å². The Morgan fingerprint density at radius 2 is 1.93 bits per heavy atom. The molecule has 0 spiro atoms. The summed E-state index contributed by atoms with van der Waals surface area (Å²) in [5, 5.41) is 13.2. The molecule has 0 radical (unpaired) electrons. The van der Waals surface area contributed by atoms with Gasteiger partial charge in [0.2, 0.25) is 5.88 Å². The van der Waals surface area contributed by atoms with E-state index in [1.54, 1.807) is 45.9 Å². The smallest absolute Gasteiger partial charge is 0.459 e. The molecule has 0 saturated carbocycles. The molecular formula is C26H34F2N5O8P. The number of esters is 1. The van der Waals surface area contributed by atoms with Crippen LogP contribution in [-0.4, -0.2) is 73.6 Å². The van der Waals surface area contributed by atoms with E-state index >= 15 is 8.78 Å². The Bertz CT molecular complexity index is 1460. The Morgan fingerprint density at radius 3 is 2.57 bits per heavy atom. The number of ether oxygens (including phenoxy) is 3. The van der Waals surface area contributed by atoms with Gasteiger partial charge in [-0.1, -0.05) is 18.2 Å². The maximum atomic E-state index is 16.2. The van der Waals surface area contributed by atoms with E-state index in [4.69, 9.17) is 23.3 Å². The topological polar surface area (TPSA) is 156 Å². The molecule has 2 N–H and O–H groups in total. The Kier molecular flexibility index (Phi) is 9.19. The van der Waals surface area contributed by atoms with Crippen LogP contribution < -0.4 is 14.3 Å². The van der Waals surface area contributed by atoms with E-state index in [-0.39, 0.29) is 35.2 Å². The fourth-order valence-corrected chi connectivity index (χ4v) is 5.78. The van der Waals surface area contributed by atoms with Crippen LogP contribution in [0.5, 0.6) is 11.6 Å². The largest absolute Gasteiger partial charge is 0.476 e. The number of halogens is 2. The molecule has 3 heterocycles. The number of rotatable bonds is 12. The molecule has 16 heteroatoms. The van der Waals surface area contributed by atoms with E-state index in [0.29, 0.717) is 0 Å². The van der Waals surface area contributed by atoms with Gasteiger partial charge in [-0.3, -0.25) is 13.9 Å². The lowest BCUT2D eigenvalue weighted by Gasteiger charge is -2.28. The number of aliphatic hydroxyl groups is 1. The molecule has 230 valence electrons. The molecule has 3 aromatic rings. The molecule has 0 aliphatic carbocycles. The molecular weight excluding hydrogens is 579 g/mol. The lowest BCUT2D eigenvalue weighted by molar-refractivity contribution is -0.202. The zero-order valence-electron chi connectivity index (χ0n) is 24.0. The highest BCUT2D eigenvalue weighted by Crippen LogP contribution is 2.52. The van der Waals surface area contributed by atoms with Gasteiger partial charge in [0.15, 0.2) is 29.2 Å². The summed E-state index contributed by atoms with van der Waals surface area (Å²) in [5.41, 5.74) is -2.49. The van der Waals surface area contributed by atoms with Crippen LogP contribution in [0.15, 0.2) is 36.7 Å². The minimum atomic E-state index is -4.56. The number of aliphatic hydroxyl groups excluding tert-OH is 1. The number of carbonyl (C=O) groups is 1. The molecule has 0 amide bonds. The summed E-state index contributed by atoms with van der Waals surface area (Å²) < 4.78 is 74.0. The maximum Gasteiger partial charge on any atom is 0.459 e. The second-order valence-electron chi connectivity index (χ2n) is 10.2. The second kappa shape index (κ2) is 12.2. The molecule has 2 aromatic heterocycles. The van der Waals surface area contributed by atoms with Gasteiger partial charge in [0.1, 0.15) is 24.2 Å². The number of carbonyl (C=O) groups excluding carboxylic acids is 1. The highest BCUT2D eigenvalue weighted by molar-refractivity contribution is 7.52. The highest BCUT2D eigenvalue weighted by atomic mass is 31.2. The van der Waals surface area contributed by atoms with E-state index in [1.165, 1.54) is 19.1 Å². The van der Waals surface area contributed by atoms with Crippen molar-refractivity contribution in [3.63, 3.8) is 0 Å². The number of fused-ring (bicyclic) bond motifs is 1. The third kappa shape index (κ3) is 6.55. The molecule has 6 atom stereocenters. The first-order chi connectivity index (χ1) is 19.7. The van der Waals surface area contributed by atoms with Gasteiger partial charge in [0.05, 0.1) is 19.0 Å². The van der Waals surface area contributed by atoms with Crippen molar-refractivity contribution in [1.82, 2.24) is 24.6 Å². The predicted molar refractivity (Wildman–Crippen MR) is 145 cm³/mol. The van der Waals surface area contributed by atoms with Crippen molar-refractivity contribution in [2.75, 3.05) is 13.2 Å². The molecule has 0 bridgehead atoms.